The average Bonchev–Trinajstić information content (AvgIpc) is 2.98. The van der Waals surface area contributed by atoms with Crippen LogP contribution < -0.4 is 5.32 Å². The molecule has 2 atom stereocenters. The highest BCUT2D eigenvalue weighted by Gasteiger charge is 2.56. The highest BCUT2D eigenvalue weighted by Crippen LogP contribution is 2.44. The van der Waals surface area contributed by atoms with Crippen molar-refractivity contribution in [1.82, 2.24) is 5.32 Å². The zero-order valence-electron chi connectivity index (χ0n) is 8.29. The molecule has 86 valence electrons. The molecule has 5 heteroatoms. The molecule has 1 amide bonds. The maximum absolute atomic E-state index is 12.2. The Labute approximate surface area is 90.5 Å². The van der Waals surface area contributed by atoms with Crippen molar-refractivity contribution in [3.63, 3.8) is 0 Å². The van der Waals surface area contributed by atoms with Gasteiger partial charge in [-0.05, 0) is 18.6 Å². The van der Waals surface area contributed by atoms with Crippen molar-refractivity contribution in [3.8, 4) is 0 Å². The Morgan fingerprint density at radius 1 is 1.25 bits per heavy atom. The summed E-state index contributed by atoms with van der Waals surface area (Å²) >= 11 is 0. The zero-order chi connectivity index (χ0) is 11.8. The summed E-state index contributed by atoms with van der Waals surface area (Å²) < 4.78 is 36.6. The van der Waals surface area contributed by atoms with Gasteiger partial charge in [0.2, 0.25) is 0 Å². The van der Waals surface area contributed by atoms with E-state index in [4.69, 9.17) is 0 Å². The molecule has 0 aliphatic heterocycles. The second-order valence-corrected chi connectivity index (χ2v) is 3.83. The van der Waals surface area contributed by atoms with E-state index in [1.807, 2.05) is 0 Å². The molecule has 0 unspecified atom stereocenters. The van der Waals surface area contributed by atoms with Crippen LogP contribution >= 0.6 is 0 Å². The fourth-order valence-corrected chi connectivity index (χ4v) is 1.56. The van der Waals surface area contributed by atoms with Crippen molar-refractivity contribution in [2.75, 3.05) is 0 Å². The van der Waals surface area contributed by atoms with Gasteiger partial charge in [0.25, 0.3) is 5.91 Å². The summed E-state index contributed by atoms with van der Waals surface area (Å²) in [6, 6.07) is 7.46. The van der Waals surface area contributed by atoms with Gasteiger partial charge in [0.15, 0.2) is 0 Å². The Hall–Kier alpha value is -1.52. The van der Waals surface area contributed by atoms with E-state index < -0.39 is 24.0 Å². The number of hydrogen-bond acceptors (Lipinski definition) is 1. The van der Waals surface area contributed by atoms with Crippen molar-refractivity contribution in [2.24, 2.45) is 5.92 Å². The Bertz CT molecular complexity index is 388. The number of alkyl halides is 3. The van der Waals surface area contributed by atoms with Gasteiger partial charge < -0.3 is 5.32 Å². The number of rotatable bonds is 2. The Morgan fingerprint density at radius 2 is 1.88 bits per heavy atom. The molecule has 16 heavy (non-hydrogen) atoms. The lowest BCUT2D eigenvalue weighted by Crippen LogP contribution is -2.29. The summed E-state index contributed by atoms with van der Waals surface area (Å²) in [4.78, 5) is 11.5. The Morgan fingerprint density at radius 3 is 2.38 bits per heavy atom. The van der Waals surface area contributed by atoms with Crippen LogP contribution in [0.1, 0.15) is 16.8 Å². The lowest BCUT2D eigenvalue weighted by Gasteiger charge is -2.06. The van der Waals surface area contributed by atoms with Crippen LogP contribution in [0.2, 0.25) is 0 Å². The van der Waals surface area contributed by atoms with E-state index in [0.717, 1.165) is 0 Å². The first-order chi connectivity index (χ1) is 7.48. The molecule has 1 aliphatic rings. The van der Waals surface area contributed by atoms with Crippen LogP contribution in [0.15, 0.2) is 30.3 Å². The molecule has 0 radical (unpaired) electrons. The fourth-order valence-electron chi connectivity index (χ4n) is 1.56. The molecule has 2 rings (SSSR count). The van der Waals surface area contributed by atoms with Crippen LogP contribution in [0, 0.1) is 5.92 Å². The molecule has 0 saturated heterocycles. The van der Waals surface area contributed by atoms with E-state index in [9.17, 15) is 18.0 Å². The third-order valence-electron chi connectivity index (χ3n) is 2.56. The highest BCUT2D eigenvalue weighted by molar-refractivity contribution is 5.94. The second kappa shape index (κ2) is 3.81. The van der Waals surface area contributed by atoms with Crippen LogP contribution in [0.4, 0.5) is 13.2 Å². The fraction of sp³-hybridized carbons (Fsp3) is 0.364. The Balaban J connectivity index is 1.92. The van der Waals surface area contributed by atoms with Gasteiger partial charge in [-0.15, -0.1) is 0 Å². The maximum atomic E-state index is 12.2. The van der Waals surface area contributed by atoms with E-state index in [1.165, 1.54) is 0 Å². The highest BCUT2D eigenvalue weighted by atomic mass is 19.4. The normalized spacial score (nSPS) is 23.9. The first-order valence-corrected chi connectivity index (χ1v) is 4.91. The maximum Gasteiger partial charge on any atom is 0.393 e. The second-order valence-electron chi connectivity index (χ2n) is 3.83. The zero-order valence-corrected chi connectivity index (χ0v) is 8.29. The number of hydrogen-bond donors (Lipinski definition) is 1. The smallest absolute Gasteiger partial charge is 0.349 e. The summed E-state index contributed by atoms with van der Waals surface area (Å²) in [7, 11) is 0. The number of halogens is 3. The summed E-state index contributed by atoms with van der Waals surface area (Å²) in [5.41, 5.74) is 0.385. The van der Waals surface area contributed by atoms with Gasteiger partial charge in [0.1, 0.15) is 0 Å². The summed E-state index contributed by atoms with van der Waals surface area (Å²) in [6.07, 6.45) is -4.21. The van der Waals surface area contributed by atoms with Crippen LogP contribution in [-0.4, -0.2) is 18.1 Å². The van der Waals surface area contributed by atoms with Gasteiger partial charge >= 0.3 is 6.18 Å². The minimum atomic E-state index is -4.20. The average molecular weight is 229 g/mol. The Kier molecular flexibility index (Phi) is 2.61. The number of nitrogens with one attached hydrogen (secondary N) is 1. The molecule has 0 spiro atoms. The molecule has 1 fully saturated rings. The molecule has 2 nitrogen and oxygen atoms in total. The predicted octanol–water partition coefficient (Wildman–Crippen LogP) is 2.37. The molecule has 0 bridgehead atoms. The van der Waals surface area contributed by atoms with E-state index in [0.29, 0.717) is 5.56 Å². The van der Waals surface area contributed by atoms with Crippen LogP contribution in [0.3, 0.4) is 0 Å². The van der Waals surface area contributed by atoms with Crippen molar-refractivity contribution in [1.29, 1.82) is 0 Å². The van der Waals surface area contributed by atoms with Gasteiger partial charge in [-0.25, -0.2) is 0 Å². The van der Waals surface area contributed by atoms with Crippen LogP contribution in [0.5, 0.6) is 0 Å². The topological polar surface area (TPSA) is 29.1 Å². The van der Waals surface area contributed by atoms with Crippen LogP contribution in [-0.2, 0) is 0 Å². The van der Waals surface area contributed by atoms with Gasteiger partial charge in [-0.1, -0.05) is 18.2 Å². The SMILES string of the molecule is O=C(N[C@H]1C[C@H]1C(F)(F)F)c1ccccc1. The number of carbonyl (C=O) groups is 1. The van der Waals surface area contributed by atoms with Crippen molar-refractivity contribution < 1.29 is 18.0 Å². The van der Waals surface area contributed by atoms with E-state index in [-0.39, 0.29) is 6.42 Å². The standard InChI is InChI=1S/C11H10F3NO/c12-11(13,14)8-6-9(8)15-10(16)7-4-2-1-3-5-7/h1-5,8-9H,6H2,(H,15,16)/t8-,9+/m1/s1. The van der Waals surface area contributed by atoms with E-state index in [2.05, 4.69) is 5.32 Å². The first-order valence-electron chi connectivity index (χ1n) is 4.91. The minimum absolute atomic E-state index is 0.0118. The summed E-state index contributed by atoms with van der Waals surface area (Å²) in [5, 5.41) is 2.37. The molecular weight excluding hydrogens is 219 g/mol. The quantitative estimate of drug-likeness (QED) is 0.828. The lowest BCUT2D eigenvalue weighted by molar-refractivity contribution is -0.148. The number of carbonyl (C=O) groups excluding carboxylic acids is 1. The van der Waals surface area contributed by atoms with Crippen molar-refractivity contribution >= 4 is 5.91 Å². The van der Waals surface area contributed by atoms with Crippen molar-refractivity contribution in [2.45, 2.75) is 18.6 Å². The first kappa shape index (κ1) is 11.0. The van der Waals surface area contributed by atoms with Crippen molar-refractivity contribution in [3.05, 3.63) is 35.9 Å². The minimum Gasteiger partial charge on any atom is -0.349 e. The van der Waals surface area contributed by atoms with Gasteiger partial charge in [-0.2, -0.15) is 13.2 Å². The molecule has 1 saturated carbocycles. The van der Waals surface area contributed by atoms with E-state index >= 15 is 0 Å². The summed E-state index contributed by atoms with van der Waals surface area (Å²) in [6.45, 7) is 0. The monoisotopic (exact) mass is 229 g/mol. The largest absolute Gasteiger partial charge is 0.393 e. The molecule has 1 aromatic rings. The summed E-state index contributed by atoms with van der Waals surface area (Å²) in [5.74, 6) is -1.82. The molecule has 1 aliphatic carbocycles. The van der Waals surface area contributed by atoms with E-state index in [1.54, 1.807) is 30.3 Å². The number of benzene rings is 1. The van der Waals surface area contributed by atoms with Crippen LogP contribution in [0.25, 0.3) is 0 Å². The number of amides is 1. The molecule has 0 aromatic heterocycles. The third-order valence-corrected chi connectivity index (χ3v) is 2.56. The van der Waals surface area contributed by atoms with Gasteiger partial charge in [0.05, 0.1) is 5.92 Å². The molecule has 1 N–H and O–H groups in total. The molecule has 0 heterocycles. The molecular formula is C11H10F3NO. The lowest BCUT2D eigenvalue weighted by atomic mass is 10.2. The predicted molar refractivity (Wildman–Crippen MR) is 51.9 cm³/mol. The van der Waals surface area contributed by atoms with Gasteiger partial charge in [-0.3, -0.25) is 4.79 Å². The third kappa shape index (κ3) is 2.35. The van der Waals surface area contributed by atoms with Gasteiger partial charge in [0, 0.05) is 11.6 Å². The molecule has 1 aromatic carbocycles.